The van der Waals surface area contributed by atoms with Gasteiger partial charge in [0.2, 0.25) is 0 Å². The maximum absolute atomic E-state index is 5.69. The van der Waals surface area contributed by atoms with E-state index in [0.717, 1.165) is 5.69 Å². The van der Waals surface area contributed by atoms with E-state index in [2.05, 4.69) is 11.5 Å². The Morgan fingerprint density at radius 1 is 1.42 bits per heavy atom. The first kappa shape index (κ1) is 9.14. The predicted molar refractivity (Wildman–Crippen MR) is 54.7 cm³/mol. The maximum atomic E-state index is 5.69. The number of para-hydroxylation sites is 1. The molecule has 0 saturated heterocycles. The van der Waals surface area contributed by atoms with Crippen LogP contribution in [0.1, 0.15) is 0 Å². The average molecular weight is 182 g/mol. The zero-order valence-corrected chi connectivity index (χ0v) is 7.88. The van der Waals surface area contributed by atoms with Crippen LogP contribution < -0.4 is 4.90 Å². The third-order valence-electron chi connectivity index (χ3n) is 1.61. The Morgan fingerprint density at radius 3 is 2.50 bits per heavy atom. The van der Waals surface area contributed by atoms with Crippen molar-refractivity contribution in [3.8, 4) is 0 Å². The van der Waals surface area contributed by atoms with Crippen molar-refractivity contribution in [2.75, 3.05) is 18.5 Å². The van der Waals surface area contributed by atoms with Crippen LogP contribution in [0.3, 0.4) is 0 Å². The normalized spacial score (nSPS) is 9.50. The van der Waals surface area contributed by atoms with Gasteiger partial charge in [-0.25, -0.2) is 0 Å². The first-order valence-electron chi connectivity index (χ1n) is 3.79. The molecular weight excluding hydrogens is 170 g/mol. The Hall–Kier alpha value is -0.950. The molecule has 0 radical (unpaired) electrons. The lowest BCUT2D eigenvalue weighted by atomic mass is 10.3. The van der Waals surface area contributed by atoms with Crippen LogP contribution in [0.5, 0.6) is 0 Å². The second-order valence-electron chi connectivity index (χ2n) is 2.71. The Bertz CT molecular complexity index is 256. The molecule has 0 saturated carbocycles. The van der Waals surface area contributed by atoms with Crippen molar-refractivity contribution < 1.29 is 0 Å². The van der Waals surface area contributed by atoms with E-state index >= 15 is 0 Å². The van der Waals surface area contributed by atoms with Crippen molar-refractivity contribution in [1.82, 2.24) is 0 Å². The van der Waals surface area contributed by atoms with Crippen molar-refractivity contribution in [2.45, 2.75) is 0 Å². The highest BCUT2D eigenvalue weighted by Gasteiger charge is 1.98. The molecule has 0 N–H and O–H groups in total. The minimum Gasteiger partial charge on any atom is -0.369 e. The Balaban J connectivity index is 2.65. The highest BCUT2D eigenvalue weighted by atomic mass is 35.5. The van der Waals surface area contributed by atoms with Crippen molar-refractivity contribution in [1.29, 1.82) is 0 Å². The number of benzene rings is 1. The molecule has 1 aromatic carbocycles. The van der Waals surface area contributed by atoms with Crippen LogP contribution in [0, 0.1) is 0 Å². The maximum Gasteiger partial charge on any atom is 0.0527 e. The fraction of sp³-hybridized carbons (Fsp3) is 0.200. The lowest BCUT2D eigenvalue weighted by Gasteiger charge is -2.17. The molecule has 2 heteroatoms. The molecule has 0 aliphatic heterocycles. The first-order valence-corrected chi connectivity index (χ1v) is 4.17. The monoisotopic (exact) mass is 181 g/mol. The summed E-state index contributed by atoms with van der Waals surface area (Å²) in [6, 6.07) is 10.1. The number of hydrogen-bond acceptors (Lipinski definition) is 1. The number of hydrogen-bond donors (Lipinski definition) is 0. The second-order valence-corrected chi connectivity index (χ2v) is 3.24. The van der Waals surface area contributed by atoms with Crippen LogP contribution in [0.4, 0.5) is 5.69 Å². The standard InChI is InChI=1S/C10H12ClN/c1-9(11)8-12(2)10-6-4-3-5-7-10/h3-7H,1,8H2,2H3. The number of rotatable bonds is 3. The van der Waals surface area contributed by atoms with E-state index in [1.807, 2.05) is 37.4 Å². The Labute approximate surface area is 78.3 Å². The Kier molecular flexibility index (Phi) is 3.18. The minimum atomic E-state index is 0.654. The molecule has 1 aromatic rings. The van der Waals surface area contributed by atoms with E-state index in [-0.39, 0.29) is 0 Å². The van der Waals surface area contributed by atoms with Gasteiger partial charge in [0.05, 0.1) is 6.54 Å². The van der Waals surface area contributed by atoms with Gasteiger partial charge >= 0.3 is 0 Å². The highest BCUT2D eigenvalue weighted by Crippen LogP contribution is 2.12. The van der Waals surface area contributed by atoms with Crippen LogP contribution >= 0.6 is 11.6 Å². The van der Waals surface area contributed by atoms with E-state index in [4.69, 9.17) is 11.6 Å². The van der Waals surface area contributed by atoms with Crippen LogP contribution in [-0.4, -0.2) is 13.6 Å². The molecule has 0 heterocycles. The van der Waals surface area contributed by atoms with Gasteiger partial charge < -0.3 is 4.90 Å². The number of halogens is 1. The van der Waals surface area contributed by atoms with Gasteiger partial charge in [-0.05, 0) is 12.1 Å². The predicted octanol–water partition coefficient (Wildman–Crippen LogP) is 2.88. The summed E-state index contributed by atoms with van der Waals surface area (Å²) in [7, 11) is 1.99. The minimum absolute atomic E-state index is 0.654. The van der Waals surface area contributed by atoms with Crippen molar-refractivity contribution >= 4 is 17.3 Å². The van der Waals surface area contributed by atoms with Crippen LogP contribution in [0.2, 0.25) is 0 Å². The molecule has 0 aromatic heterocycles. The van der Waals surface area contributed by atoms with Crippen molar-refractivity contribution in [2.24, 2.45) is 0 Å². The fourth-order valence-corrected chi connectivity index (χ4v) is 1.21. The smallest absolute Gasteiger partial charge is 0.0527 e. The summed E-state index contributed by atoms with van der Waals surface area (Å²) in [5.74, 6) is 0. The zero-order valence-electron chi connectivity index (χ0n) is 7.13. The molecule has 0 fully saturated rings. The number of anilines is 1. The largest absolute Gasteiger partial charge is 0.369 e. The van der Waals surface area contributed by atoms with Gasteiger partial charge in [-0.2, -0.15) is 0 Å². The summed E-state index contributed by atoms with van der Waals surface area (Å²) < 4.78 is 0. The van der Waals surface area contributed by atoms with E-state index < -0.39 is 0 Å². The summed E-state index contributed by atoms with van der Waals surface area (Å²) in [4.78, 5) is 2.05. The summed E-state index contributed by atoms with van der Waals surface area (Å²) in [6.07, 6.45) is 0. The average Bonchev–Trinajstić information content (AvgIpc) is 2.05. The molecule has 1 rings (SSSR count). The molecule has 12 heavy (non-hydrogen) atoms. The van der Waals surface area contributed by atoms with Crippen LogP contribution in [0.15, 0.2) is 41.9 Å². The van der Waals surface area contributed by atoms with Gasteiger partial charge in [-0.3, -0.25) is 0 Å². The molecule has 0 unspecified atom stereocenters. The fourth-order valence-electron chi connectivity index (χ4n) is 1.03. The van der Waals surface area contributed by atoms with Gasteiger partial charge in [-0.15, -0.1) is 0 Å². The highest BCUT2D eigenvalue weighted by molar-refractivity contribution is 6.29. The molecule has 0 aliphatic rings. The SMILES string of the molecule is C=C(Cl)CN(C)c1ccccc1. The van der Waals surface area contributed by atoms with Crippen molar-refractivity contribution in [3.63, 3.8) is 0 Å². The molecule has 0 amide bonds. The van der Waals surface area contributed by atoms with E-state index in [9.17, 15) is 0 Å². The molecule has 0 bridgehead atoms. The molecule has 0 spiro atoms. The number of likely N-dealkylation sites (N-methyl/N-ethyl adjacent to an activating group) is 1. The topological polar surface area (TPSA) is 3.24 Å². The van der Waals surface area contributed by atoms with Gasteiger partial charge in [0.25, 0.3) is 0 Å². The summed E-state index contributed by atoms with van der Waals surface area (Å²) in [6.45, 7) is 4.33. The van der Waals surface area contributed by atoms with Gasteiger partial charge in [0, 0.05) is 17.8 Å². The van der Waals surface area contributed by atoms with Gasteiger partial charge in [-0.1, -0.05) is 36.4 Å². The van der Waals surface area contributed by atoms with Crippen molar-refractivity contribution in [3.05, 3.63) is 41.9 Å². The Morgan fingerprint density at radius 2 is 2.00 bits per heavy atom. The van der Waals surface area contributed by atoms with Gasteiger partial charge in [0.1, 0.15) is 0 Å². The molecule has 0 aliphatic carbocycles. The molecule has 0 atom stereocenters. The molecule has 64 valence electrons. The lowest BCUT2D eigenvalue weighted by molar-refractivity contribution is 1.02. The zero-order chi connectivity index (χ0) is 8.97. The van der Waals surface area contributed by atoms with E-state index in [1.54, 1.807) is 0 Å². The second kappa shape index (κ2) is 4.17. The lowest BCUT2D eigenvalue weighted by Crippen LogP contribution is -2.17. The summed E-state index contributed by atoms with van der Waals surface area (Å²) >= 11 is 5.69. The molecular formula is C10H12ClN. The first-order chi connectivity index (χ1) is 5.70. The number of nitrogens with zero attached hydrogens (tertiary/aromatic N) is 1. The third-order valence-corrected chi connectivity index (χ3v) is 1.73. The summed E-state index contributed by atoms with van der Waals surface area (Å²) in [5, 5.41) is 0.654. The third kappa shape index (κ3) is 2.59. The summed E-state index contributed by atoms with van der Waals surface area (Å²) in [5.41, 5.74) is 1.15. The van der Waals surface area contributed by atoms with Crippen LogP contribution in [-0.2, 0) is 0 Å². The molecule has 1 nitrogen and oxygen atoms in total. The quantitative estimate of drug-likeness (QED) is 0.693. The van der Waals surface area contributed by atoms with E-state index in [0.29, 0.717) is 11.6 Å². The van der Waals surface area contributed by atoms with Crippen LogP contribution in [0.25, 0.3) is 0 Å². The van der Waals surface area contributed by atoms with Gasteiger partial charge in [0.15, 0.2) is 0 Å². The van der Waals surface area contributed by atoms with E-state index in [1.165, 1.54) is 0 Å².